The zero-order chi connectivity index (χ0) is 19.5. The third kappa shape index (κ3) is 4.13. The molecular formula is C22H25NO4S. The summed E-state index contributed by atoms with van der Waals surface area (Å²) in [5.74, 6) is 0.0474. The highest BCUT2D eigenvalue weighted by Gasteiger charge is 2.32. The van der Waals surface area contributed by atoms with Gasteiger partial charge >= 0.3 is 5.97 Å². The molecule has 1 saturated heterocycles. The molecule has 0 radical (unpaired) electrons. The number of nitrogens with zero attached hydrogens (tertiary/aromatic N) is 1. The molecule has 1 aromatic carbocycles. The molecule has 1 aromatic heterocycles. The number of benzene rings is 1. The number of amides is 1. The third-order valence-electron chi connectivity index (χ3n) is 5.40. The van der Waals surface area contributed by atoms with Crippen LogP contribution in [-0.2, 0) is 27.1 Å². The molecule has 2 atom stereocenters. The average Bonchev–Trinajstić information content (AvgIpc) is 3.16. The first-order valence-corrected chi connectivity index (χ1v) is 10.7. The van der Waals surface area contributed by atoms with Crippen molar-refractivity contribution in [1.29, 1.82) is 0 Å². The Kier molecular flexibility index (Phi) is 5.78. The van der Waals surface area contributed by atoms with Crippen LogP contribution in [0, 0.1) is 5.92 Å². The van der Waals surface area contributed by atoms with Crippen LogP contribution < -0.4 is 0 Å². The van der Waals surface area contributed by atoms with Gasteiger partial charge < -0.3 is 14.4 Å². The number of rotatable bonds is 4. The lowest BCUT2D eigenvalue weighted by Gasteiger charge is -2.30. The number of aryl methyl sites for hydroxylation is 1. The van der Waals surface area contributed by atoms with Gasteiger partial charge in [-0.3, -0.25) is 4.79 Å². The molecular weight excluding hydrogens is 374 g/mol. The van der Waals surface area contributed by atoms with E-state index >= 15 is 0 Å². The Morgan fingerprint density at radius 3 is 2.71 bits per heavy atom. The zero-order valence-corrected chi connectivity index (χ0v) is 16.9. The van der Waals surface area contributed by atoms with E-state index in [1.807, 2.05) is 36.4 Å². The van der Waals surface area contributed by atoms with Crippen LogP contribution in [0.15, 0.2) is 36.4 Å². The first-order valence-electron chi connectivity index (χ1n) is 9.86. The van der Waals surface area contributed by atoms with E-state index < -0.39 is 12.1 Å². The summed E-state index contributed by atoms with van der Waals surface area (Å²) in [5.41, 5.74) is 1.95. The van der Waals surface area contributed by atoms with Crippen LogP contribution in [-0.4, -0.2) is 43.1 Å². The second-order valence-electron chi connectivity index (χ2n) is 7.54. The number of fused-ring (bicyclic) bond motifs is 1. The smallest absolute Gasteiger partial charge is 0.349 e. The van der Waals surface area contributed by atoms with Crippen LogP contribution in [0.5, 0.6) is 0 Å². The zero-order valence-electron chi connectivity index (χ0n) is 16.1. The highest BCUT2D eigenvalue weighted by molar-refractivity contribution is 7.14. The molecule has 5 nitrogen and oxygen atoms in total. The topological polar surface area (TPSA) is 55.8 Å². The number of ether oxygens (including phenoxy) is 2. The van der Waals surface area contributed by atoms with E-state index in [1.54, 1.807) is 4.90 Å². The largest absolute Gasteiger partial charge is 0.443 e. The fourth-order valence-electron chi connectivity index (χ4n) is 3.81. The average molecular weight is 400 g/mol. The molecule has 0 N–H and O–H groups in total. The first-order chi connectivity index (χ1) is 13.6. The summed E-state index contributed by atoms with van der Waals surface area (Å²) < 4.78 is 11.1. The van der Waals surface area contributed by atoms with Gasteiger partial charge in [-0.15, -0.1) is 11.3 Å². The summed E-state index contributed by atoms with van der Waals surface area (Å²) in [4.78, 5) is 29.6. The van der Waals surface area contributed by atoms with Crippen molar-refractivity contribution in [2.24, 2.45) is 5.92 Å². The maximum atomic E-state index is 13.1. The SMILES string of the molecule is C[C@@H]1CCc2sc(C(=O)O[C@@H](C(=O)N3CCOCC3)c3ccccc3)cc2C1. The van der Waals surface area contributed by atoms with Crippen molar-refractivity contribution in [3.63, 3.8) is 0 Å². The van der Waals surface area contributed by atoms with Crippen LogP contribution in [0.2, 0.25) is 0 Å². The van der Waals surface area contributed by atoms with Crippen molar-refractivity contribution in [2.45, 2.75) is 32.3 Å². The molecule has 2 heterocycles. The molecule has 0 saturated carbocycles. The predicted molar refractivity (Wildman–Crippen MR) is 108 cm³/mol. The molecule has 0 bridgehead atoms. The van der Waals surface area contributed by atoms with Crippen LogP contribution in [0.1, 0.15) is 45.1 Å². The molecule has 28 heavy (non-hydrogen) atoms. The lowest BCUT2D eigenvalue weighted by Crippen LogP contribution is -2.44. The van der Waals surface area contributed by atoms with Crippen molar-refractivity contribution < 1.29 is 19.1 Å². The van der Waals surface area contributed by atoms with Gasteiger partial charge in [-0.25, -0.2) is 4.79 Å². The molecule has 2 aromatic rings. The molecule has 1 aliphatic heterocycles. The van der Waals surface area contributed by atoms with Crippen LogP contribution in [0.3, 0.4) is 0 Å². The van der Waals surface area contributed by atoms with Crippen molar-refractivity contribution in [2.75, 3.05) is 26.3 Å². The minimum atomic E-state index is -0.926. The molecule has 1 aliphatic carbocycles. The summed E-state index contributed by atoms with van der Waals surface area (Å²) in [7, 11) is 0. The second kappa shape index (κ2) is 8.45. The van der Waals surface area contributed by atoms with Gasteiger partial charge in [0.05, 0.1) is 13.2 Å². The summed E-state index contributed by atoms with van der Waals surface area (Å²) in [6, 6.07) is 11.2. The van der Waals surface area contributed by atoms with Crippen LogP contribution in [0.4, 0.5) is 0 Å². The minimum Gasteiger partial charge on any atom is -0.443 e. The Hall–Kier alpha value is -2.18. The van der Waals surface area contributed by atoms with Crippen molar-refractivity contribution in [1.82, 2.24) is 4.90 Å². The fourth-order valence-corrected chi connectivity index (χ4v) is 4.90. The van der Waals surface area contributed by atoms with E-state index in [9.17, 15) is 9.59 Å². The van der Waals surface area contributed by atoms with Gasteiger partial charge in [-0.05, 0) is 36.8 Å². The number of esters is 1. The highest BCUT2D eigenvalue weighted by atomic mass is 32.1. The molecule has 1 amide bonds. The Balaban J connectivity index is 1.55. The number of thiophene rings is 1. The van der Waals surface area contributed by atoms with Crippen molar-refractivity contribution in [3.8, 4) is 0 Å². The third-order valence-corrected chi connectivity index (χ3v) is 6.62. The van der Waals surface area contributed by atoms with Gasteiger partial charge in [0.15, 0.2) is 0 Å². The summed E-state index contributed by atoms with van der Waals surface area (Å²) in [6.07, 6.45) is 2.26. The predicted octanol–water partition coefficient (Wildman–Crippen LogP) is 3.63. The number of morpholine rings is 1. The van der Waals surface area contributed by atoms with Gasteiger partial charge in [0.1, 0.15) is 4.88 Å². The monoisotopic (exact) mass is 399 g/mol. The number of hydrogen-bond acceptors (Lipinski definition) is 5. The fraction of sp³-hybridized carbons (Fsp3) is 0.455. The normalized spacial score (nSPS) is 20.3. The quantitative estimate of drug-likeness (QED) is 0.737. The number of hydrogen-bond donors (Lipinski definition) is 0. The van der Waals surface area contributed by atoms with Gasteiger partial charge in [0.2, 0.25) is 6.10 Å². The van der Waals surface area contributed by atoms with E-state index in [0.29, 0.717) is 42.7 Å². The molecule has 2 aliphatic rings. The highest BCUT2D eigenvalue weighted by Crippen LogP contribution is 2.33. The minimum absolute atomic E-state index is 0.183. The summed E-state index contributed by atoms with van der Waals surface area (Å²) >= 11 is 1.51. The van der Waals surface area contributed by atoms with Crippen molar-refractivity contribution >= 4 is 23.2 Å². The molecule has 148 valence electrons. The molecule has 4 rings (SSSR count). The van der Waals surface area contributed by atoms with Crippen molar-refractivity contribution in [3.05, 3.63) is 57.3 Å². The lowest BCUT2D eigenvalue weighted by atomic mass is 9.90. The van der Waals surface area contributed by atoms with Gasteiger partial charge in [0, 0.05) is 23.5 Å². The van der Waals surface area contributed by atoms with E-state index in [0.717, 1.165) is 19.3 Å². The van der Waals surface area contributed by atoms with Crippen LogP contribution >= 0.6 is 11.3 Å². The molecule has 6 heteroatoms. The Morgan fingerprint density at radius 1 is 1.21 bits per heavy atom. The number of carbonyl (C=O) groups excluding carboxylic acids is 2. The van der Waals surface area contributed by atoms with Gasteiger partial charge in [-0.2, -0.15) is 0 Å². The Labute approximate surface area is 169 Å². The maximum Gasteiger partial charge on any atom is 0.349 e. The van der Waals surface area contributed by atoms with Gasteiger partial charge in [0.25, 0.3) is 5.91 Å². The van der Waals surface area contributed by atoms with E-state index in [2.05, 4.69) is 6.92 Å². The summed E-state index contributed by atoms with van der Waals surface area (Å²) in [6.45, 7) is 4.30. The molecule has 0 spiro atoms. The standard InChI is InChI=1S/C22H25NO4S/c1-15-7-8-18-17(13-15)14-19(28-18)22(25)27-20(16-5-3-2-4-6-16)21(24)23-9-11-26-12-10-23/h2-6,14-15,20H,7-13H2,1H3/t15-,20-/m1/s1. The Morgan fingerprint density at radius 2 is 1.96 bits per heavy atom. The van der Waals surface area contributed by atoms with Gasteiger partial charge in [-0.1, -0.05) is 37.3 Å². The summed E-state index contributed by atoms with van der Waals surface area (Å²) in [5, 5.41) is 0. The van der Waals surface area contributed by atoms with E-state index in [1.165, 1.54) is 21.8 Å². The number of carbonyl (C=O) groups is 2. The second-order valence-corrected chi connectivity index (χ2v) is 8.68. The lowest BCUT2D eigenvalue weighted by molar-refractivity contribution is -0.145. The molecule has 1 fully saturated rings. The maximum absolute atomic E-state index is 13.1. The van der Waals surface area contributed by atoms with E-state index in [-0.39, 0.29) is 5.91 Å². The first kappa shape index (κ1) is 19.2. The van der Waals surface area contributed by atoms with E-state index in [4.69, 9.17) is 9.47 Å². The van der Waals surface area contributed by atoms with Crippen LogP contribution in [0.25, 0.3) is 0 Å². The Bertz CT molecular complexity index is 841. The molecule has 0 unspecified atom stereocenters.